The van der Waals surface area contributed by atoms with E-state index in [1.165, 1.54) is 17.3 Å². The van der Waals surface area contributed by atoms with Gasteiger partial charge in [0.05, 0.1) is 5.60 Å². The molecular weight excluding hydrogens is 384 g/mol. The summed E-state index contributed by atoms with van der Waals surface area (Å²) in [6.07, 6.45) is 9.44. The van der Waals surface area contributed by atoms with E-state index < -0.39 is 5.60 Å². The van der Waals surface area contributed by atoms with E-state index in [9.17, 15) is 19.8 Å². The lowest BCUT2D eigenvalue weighted by Crippen LogP contribution is -2.57. The normalized spacial score (nSPS) is 46.5. The molecule has 2 N–H and O–H groups in total. The van der Waals surface area contributed by atoms with Gasteiger partial charge < -0.3 is 10.2 Å². The van der Waals surface area contributed by atoms with Gasteiger partial charge in [0.15, 0.2) is 10.9 Å². The molecule has 0 radical (unpaired) electrons. The summed E-state index contributed by atoms with van der Waals surface area (Å²) in [6, 6.07) is 0. The summed E-state index contributed by atoms with van der Waals surface area (Å²) in [5.74, 6) is 1.52. The molecule has 7 atom stereocenters. The minimum Gasteiger partial charge on any atom is -0.396 e. The third-order valence-electron chi connectivity index (χ3n) is 9.35. The number of ketones is 1. The molecule has 0 amide bonds. The van der Waals surface area contributed by atoms with E-state index >= 15 is 0 Å². The van der Waals surface area contributed by atoms with Crippen LogP contribution < -0.4 is 0 Å². The molecule has 29 heavy (non-hydrogen) atoms. The second-order valence-electron chi connectivity index (χ2n) is 10.5. The molecule has 162 valence electrons. The van der Waals surface area contributed by atoms with Gasteiger partial charge in [0.2, 0.25) is 0 Å². The first-order valence-electron chi connectivity index (χ1n) is 11.4. The second-order valence-corrected chi connectivity index (χ2v) is 12.0. The van der Waals surface area contributed by atoms with Gasteiger partial charge in [-0.15, -0.1) is 0 Å². The monoisotopic (exact) mass is 420 g/mol. The molecule has 3 saturated carbocycles. The van der Waals surface area contributed by atoms with Gasteiger partial charge in [-0.1, -0.05) is 31.2 Å². The van der Waals surface area contributed by atoms with Crippen molar-refractivity contribution in [2.75, 3.05) is 6.61 Å². The Morgan fingerprint density at radius 1 is 1.21 bits per heavy atom. The molecule has 4 aliphatic carbocycles. The predicted octanol–water partition coefficient (Wildman–Crippen LogP) is 4.28. The molecule has 0 bridgehead atoms. The smallest absolute Gasteiger partial charge is 0.186 e. The van der Waals surface area contributed by atoms with Crippen LogP contribution in [0.3, 0.4) is 0 Å². The van der Waals surface area contributed by atoms with Crippen molar-refractivity contribution < 1.29 is 19.8 Å². The van der Waals surface area contributed by atoms with Crippen LogP contribution in [-0.4, -0.2) is 38.6 Å². The van der Waals surface area contributed by atoms with Crippen LogP contribution in [0.5, 0.6) is 0 Å². The first-order valence-corrected chi connectivity index (χ1v) is 12.3. The number of carbonyl (C=O) groups excluding carboxylic acids is 2. The first-order chi connectivity index (χ1) is 13.6. The number of thioether (sulfide) groups is 1. The van der Waals surface area contributed by atoms with E-state index in [1.807, 2.05) is 6.08 Å². The van der Waals surface area contributed by atoms with Crippen molar-refractivity contribution in [2.45, 2.75) is 89.4 Å². The lowest BCUT2D eigenvalue weighted by molar-refractivity contribution is -0.132. The largest absolute Gasteiger partial charge is 0.396 e. The highest BCUT2D eigenvalue weighted by molar-refractivity contribution is 8.14. The Morgan fingerprint density at radius 3 is 2.62 bits per heavy atom. The number of allylic oxidation sites excluding steroid dienone is 1. The van der Waals surface area contributed by atoms with Gasteiger partial charge in [0.1, 0.15) is 0 Å². The number of hydrogen-bond acceptors (Lipinski definition) is 5. The maximum absolute atomic E-state index is 12.2. The van der Waals surface area contributed by atoms with E-state index in [0.717, 1.165) is 38.5 Å². The fourth-order valence-electron chi connectivity index (χ4n) is 7.73. The van der Waals surface area contributed by atoms with Crippen LogP contribution in [0.25, 0.3) is 0 Å². The van der Waals surface area contributed by atoms with Crippen LogP contribution in [0.4, 0.5) is 0 Å². The molecule has 5 heteroatoms. The van der Waals surface area contributed by atoms with E-state index in [1.54, 1.807) is 6.92 Å². The lowest BCUT2D eigenvalue weighted by Gasteiger charge is -2.61. The minimum absolute atomic E-state index is 0.0551. The van der Waals surface area contributed by atoms with E-state index in [2.05, 4.69) is 13.8 Å². The van der Waals surface area contributed by atoms with Gasteiger partial charge in [-0.2, -0.15) is 0 Å². The average molecular weight is 421 g/mol. The van der Waals surface area contributed by atoms with Gasteiger partial charge >= 0.3 is 0 Å². The third kappa shape index (κ3) is 3.27. The third-order valence-corrected chi connectivity index (χ3v) is 10.5. The number of carbonyl (C=O) groups is 2. The van der Waals surface area contributed by atoms with Crippen molar-refractivity contribution in [1.82, 2.24) is 0 Å². The van der Waals surface area contributed by atoms with Crippen LogP contribution in [0.1, 0.15) is 78.6 Å². The van der Waals surface area contributed by atoms with Gasteiger partial charge in [-0.05, 0) is 86.0 Å². The Hall–Kier alpha value is -0.650. The number of rotatable bonds is 4. The van der Waals surface area contributed by atoms with Crippen LogP contribution in [-0.2, 0) is 9.59 Å². The maximum Gasteiger partial charge on any atom is 0.186 e. The average Bonchev–Trinajstić information content (AvgIpc) is 2.92. The van der Waals surface area contributed by atoms with Crippen LogP contribution in [0.2, 0.25) is 0 Å². The molecule has 0 aromatic heterocycles. The van der Waals surface area contributed by atoms with Crippen molar-refractivity contribution in [3.05, 3.63) is 11.6 Å². The summed E-state index contributed by atoms with van der Waals surface area (Å²) in [6.45, 7) is 6.40. The zero-order valence-corrected chi connectivity index (χ0v) is 18.9. The topological polar surface area (TPSA) is 74.6 Å². The highest BCUT2D eigenvalue weighted by Crippen LogP contribution is 2.69. The van der Waals surface area contributed by atoms with Gasteiger partial charge in [0.25, 0.3) is 0 Å². The van der Waals surface area contributed by atoms with Crippen molar-refractivity contribution in [2.24, 2.45) is 28.6 Å². The Labute approximate surface area is 178 Å². The van der Waals surface area contributed by atoms with Gasteiger partial charge in [-0.3, -0.25) is 9.59 Å². The molecule has 4 aliphatic rings. The summed E-state index contributed by atoms with van der Waals surface area (Å²) < 4.78 is 0. The quantitative estimate of drug-likeness (QED) is 0.710. The van der Waals surface area contributed by atoms with Crippen molar-refractivity contribution >= 4 is 22.7 Å². The molecule has 0 aromatic carbocycles. The maximum atomic E-state index is 12.2. The minimum atomic E-state index is -0.712. The zero-order chi connectivity index (χ0) is 21.0. The van der Waals surface area contributed by atoms with Crippen LogP contribution >= 0.6 is 11.8 Å². The fourth-order valence-corrected chi connectivity index (χ4v) is 8.95. The number of hydrogen-bond donors (Lipinski definition) is 2. The van der Waals surface area contributed by atoms with Crippen molar-refractivity contribution in [3.63, 3.8) is 0 Å². The zero-order valence-electron chi connectivity index (χ0n) is 18.1. The summed E-state index contributed by atoms with van der Waals surface area (Å²) in [4.78, 5) is 24.3. The van der Waals surface area contributed by atoms with Crippen LogP contribution in [0.15, 0.2) is 11.6 Å². The molecule has 0 aromatic rings. The fraction of sp³-hybridized carbons (Fsp3) is 0.833. The molecular formula is C24H36O4S. The van der Waals surface area contributed by atoms with E-state index in [4.69, 9.17) is 0 Å². The summed E-state index contributed by atoms with van der Waals surface area (Å²) in [5, 5.41) is 21.3. The van der Waals surface area contributed by atoms with Crippen LogP contribution in [0, 0.1) is 28.6 Å². The van der Waals surface area contributed by atoms with Gasteiger partial charge in [0, 0.05) is 25.2 Å². The van der Waals surface area contributed by atoms with E-state index in [-0.39, 0.29) is 33.6 Å². The van der Waals surface area contributed by atoms with E-state index in [0.29, 0.717) is 37.0 Å². The standard InChI is InChI=1S/C24H36O4S/c1-15(26)29-20-14-16-13-17(27)5-9-22(16,2)18-6-10-23(3)19(21(18)20)7-11-24(23,28)8-4-12-25/h13,18-21,25,28H,4-12,14H2,1-3H3/t18-,19-,20+,21+,22-,23-,24-/m0/s1. The van der Waals surface area contributed by atoms with Crippen molar-refractivity contribution in [3.8, 4) is 0 Å². The Morgan fingerprint density at radius 2 is 1.93 bits per heavy atom. The summed E-state index contributed by atoms with van der Waals surface area (Å²) in [5.41, 5.74) is 0.461. The molecule has 0 unspecified atom stereocenters. The summed E-state index contributed by atoms with van der Waals surface area (Å²) >= 11 is 1.47. The van der Waals surface area contributed by atoms with Crippen molar-refractivity contribution in [1.29, 1.82) is 0 Å². The van der Waals surface area contributed by atoms with Gasteiger partial charge in [-0.25, -0.2) is 0 Å². The first kappa shape index (κ1) is 21.6. The highest BCUT2D eigenvalue weighted by Gasteiger charge is 2.65. The summed E-state index contributed by atoms with van der Waals surface area (Å²) in [7, 11) is 0. The Bertz CT molecular complexity index is 732. The molecule has 0 heterocycles. The molecule has 3 fully saturated rings. The predicted molar refractivity (Wildman–Crippen MR) is 115 cm³/mol. The number of aliphatic hydroxyl groups excluding tert-OH is 1. The SMILES string of the molecule is CC(=O)S[C@@H]1CC2=CC(=O)CC[C@]2(C)[C@H]2CC[C@@]3(C)[C@@H](CC[C@@]3(O)CCCO)[C@H]12. The Balaban J connectivity index is 1.72. The molecule has 4 nitrogen and oxygen atoms in total. The lowest BCUT2D eigenvalue weighted by atomic mass is 9.46. The number of fused-ring (bicyclic) bond motifs is 5. The molecule has 0 saturated heterocycles. The second kappa shape index (κ2) is 7.49. The highest BCUT2D eigenvalue weighted by atomic mass is 32.2. The molecule has 0 spiro atoms. The molecule has 4 rings (SSSR count). The Kier molecular flexibility index (Phi) is 5.57. The molecule has 0 aliphatic heterocycles. The number of aliphatic hydroxyl groups is 2.